The van der Waals surface area contributed by atoms with Crippen molar-refractivity contribution in [3.63, 3.8) is 0 Å². The molecular formula is C26H29F3N4O3S2. The molecule has 3 aromatic rings. The Kier molecular flexibility index (Phi) is 7.16. The van der Waals surface area contributed by atoms with Crippen molar-refractivity contribution in [3.05, 3.63) is 65.0 Å². The van der Waals surface area contributed by atoms with E-state index in [0.29, 0.717) is 24.2 Å². The number of sulfonamides is 1. The highest BCUT2D eigenvalue weighted by Crippen LogP contribution is 2.46. The maximum atomic E-state index is 13.7. The minimum Gasteiger partial charge on any atom is -0.488 e. The van der Waals surface area contributed by atoms with Crippen LogP contribution >= 0.6 is 11.5 Å². The summed E-state index contributed by atoms with van der Waals surface area (Å²) in [4.78, 5) is 3.89. The highest BCUT2D eigenvalue weighted by atomic mass is 32.2. The molecule has 38 heavy (non-hydrogen) atoms. The molecule has 1 aromatic heterocycles. The summed E-state index contributed by atoms with van der Waals surface area (Å²) >= 11 is 0.925. The molecule has 1 saturated heterocycles. The molecule has 3 heterocycles. The Hall–Kier alpha value is -2.70. The quantitative estimate of drug-likeness (QED) is 0.399. The number of ether oxygens (including phenoxy) is 1. The summed E-state index contributed by atoms with van der Waals surface area (Å²) in [6.07, 6.45) is -0.368. The van der Waals surface area contributed by atoms with Crippen LogP contribution in [0.1, 0.15) is 73.6 Å². The summed E-state index contributed by atoms with van der Waals surface area (Å²) in [5, 5.41) is 3.44. The van der Waals surface area contributed by atoms with Crippen LogP contribution in [0, 0.1) is 0 Å². The van der Waals surface area contributed by atoms with Crippen molar-refractivity contribution >= 4 is 26.7 Å². The van der Waals surface area contributed by atoms with Gasteiger partial charge >= 0.3 is 6.18 Å². The molecular weight excluding hydrogens is 537 g/mol. The number of alkyl halides is 3. The van der Waals surface area contributed by atoms with Gasteiger partial charge in [0.2, 0.25) is 5.13 Å². The molecule has 7 nitrogen and oxygen atoms in total. The number of aromatic nitrogens is 2. The SMILES string of the molecule is CC1(C)CCC(c2ccc(C(F)(F)F)cc2C2CCNCC2)c2ccc(S(=O)(=O)Nc3ncns3)cc2O1. The van der Waals surface area contributed by atoms with E-state index in [9.17, 15) is 21.6 Å². The van der Waals surface area contributed by atoms with Crippen LogP contribution in [-0.2, 0) is 16.2 Å². The van der Waals surface area contributed by atoms with E-state index in [1.165, 1.54) is 24.5 Å². The Bertz CT molecular complexity index is 1400. The van der Waals surface area contributed by atoms with Gasteiger partial charge in [-0.2, -0.15) is 17.5 Å². The summed E-state index contributed by atoms with van der Waals surface area (Å²) in [5.41, 5.74) is 1.07. The predicted molar refractivity (Wildman–Crippen MR) is 139 cm³/mol. The van der Waals surface area contributed by atoms with Crippen LogP contribution in [-0.4, -0.2) is 36.5 Å². The molecule has 0 saturated carbocycles. The predicted octanol–water partition coefficient (Wildman–Crippen LogP) is 5.91. The van der Waals surface area contributed by atoms with Gasteiger partial charge in [-0.15, -0.1) is 0 Å². The largest absolute Gasteiger partial charge is 0.488 e. The average molecular weight is 567 g/mol. The number of benzene rings is 2. The third kappa shape index (κ3) is 5.67. The molecule has 0 spiro atoms. The summed E-state index contributed by atoms with van der Waals surface area (Å²) in [6, 6.07) is 8.79. The standard InChI is InChI=1S/C26H29F3N4O3S2/c1-25(2)10-7-20(19-5-3-17(26(27,28)29)13-22(19)16-8-11-30-12-9-16)21-6-4-18(14-23(21)36-25)38(34,35)33-24-31-15-32-37-24/h3-6,13-16,20,30H,7-12H2,1-2H3,(H,31,32,33). The minimum atomic E-state index is -4.43. The Morgan fingerprint density at radius 2 is 1.79 bits per heavy atom. The second kappa shape index (κ2) is 10.1. The van der Waals surface area contributed by atoms with E-state index in [1.54, 1.807) is 12.1 Å². The van der Waals surface area contributed by atoms with Gasteiger partial charge < -0.3 is 10.1 Å². The molecule has 0 aliphatic carbocycles. The Labute approximate surface area is 224 Å². The maximum absolute atomic E-state index is 13.7. The van der Waals surface area contributed by atoms with E-state index in [2.05, 4.69) is 19.4 Å². The first-order valence-electron chi connectivity index (χ1n) is 12.5. The van der Waals surface area contributed by atoms with E-state index >= 15 is 0 Å². The third-order valence-electron chi connectivity index (χ3n) is 7.24. The number of hydrogen-bond donors (Lipinski definition) is 2. The van der Waals surface area contributed by atoms with Crippen molar-refractivity contribution in [2.24, 2.45) is 0 Å². The number of halogens is 3. The number of piperidine rings is 1. The molecule has 2 aromatic carbocycles. The van der Waals surface area contributed by atoms with Crippen LogP contribution < -0.4 is 14.8 Å². The zero-order valence-corrected chi connectivity index (χ0v) is 22.6. The lowest BCUT2D eigenvalue weighted by Gasteiger charge is -2.29. The number of hydrogen-bond acceptors (Lipinski definition) is 7. The fourth-order valence-electron chi connectivity index (χ4n) is 5.32. The molecule has 1 atom stereocenters. The third-order valence-corrected chi connectivity index (χ3v) is 9.29. The Balaban J connectivity index is 1.60. The zero-order valence-electron chi connectivity index (χ0n) is 21.0. The van der Waals surface area contributed by atoms with Gasteiger partial charge in [0.1, 0.15) is 17.7 Å². The Morgan fingerprint density at radius 3 is 2.47 bits per heavy atom. The van der Waals surface area contributed by atoms with Crippen LogP contribution in [0.3, 0.4) is 0 Å². The van der Waals surface area contributed by atoms with Gasteiger partial charge in [0, 0.05) is 29.1 Å². The smallest absolute Gasteiger partial charge is 0.416 e. The number of rotatable bonds is 5. The monoisotopic (exact) mass is 566 g/mol. The lowest BCUT2D eigenvalue weighted by atomic mass is 9.78. The van der Waals surface area contributed by atoms with Crippen molar-refractivity contribution in [3.8, 4) is 5.75 Å². The second-order valence-corrected chi connectivity index (χ2v) is 12.8. The first-order valence-corrected chi connectivity index (χ1v) is 14.7. The van der Waals surface area contributed by atoms with E-state index in [-0.39, 0.29) is 21.9 Å². The van der Waals surface area contributed by atoms with E-state index < -0.39 is 27.4 Å². The summed E-state index contributed by atoms with van der Waals surface area (Å²) < 4.78 is 79.7. The van der Waals surface area contributed by atoms with Gasteiger partial charge in [0.05, 0.1) is 10.5 Å². The Morgan fingerprint density at radius 1 is 1.05 bits per heavy atom. The molecule has 5 rings (SSSR count). The van der Waals surface area contributed by atoms with Gasteiger partial charge in [0.25, 0.3) is 10.0 Å². The zero-order chi connectivity index (χ0) is 27.1. The normalized spacial score (nSPS) is 20.3. The van der Waals surface area contributed by atoms with E-state index in [0.717, 1.165) is 54.7 Å². The van der Waals surface area contributed by atoms with Crippen LogP contribution in [0.2, 0.25) is 0 Å². The fraction of sp³-hybridized carbons (Fsp3) is 0.462. The van der Waals surface area contributed by atoms with Gasteiger partial charge in [-0.3, -0.25) is 4.72 Å². The molecule has 0 radical (unpaired) electrons. The molecule has 0 bridgehead atoms. The number of fused-ring (bicyclic) bond motifs is 1. The van der Waals surface area contributed by atoms with Gasteiger partial charge in [0.15, 0.2) is 0 Å². The first-order chi connectivity index (χ1) is 17.9. The molecule has 1 unspecified atom stereocenters. The van der Waals surface area contributed by atoms with E-state index in [4.69, 9.17) is 4.74 Å². The van der Waals surface area contributed by atoms with Crippen molar-refractivity contribution in [1.82, 2.24) is 14.7 Å². The van der Waals surface area contributed by atoms with Gasteiger partial charge in [-0.1, -0.05) is 12.1 Å². The van der Waals surface area contributed by atoms with Crippen LogP contribution in [0.5, 0.6) is 5.75 Å². The van der Waals surface area contributed by atoms with Gasteiger partial charge in [-0.25, -0.2) is 13.4 Å². The van der Waals surface area contributed by atoms with E-state index in [1.807, 2.05) is 13.8 Å². The molecule has 2 aliphatic rings. The number of nitrogens with one attached hydrogen (secondary N) is 2. The lowest BCUT2D eigenvalue weighted by Crippen LogP contribution is -2.28. The molecule has 2 aliphatic heterocycles. The van der Waals surface area contributed by atoms with Crippen molar-refractivity contribution in [2.75, 3.05) is 17.8 Å². The lowest BCUT2D eigenvalue weighted by molar-refractivity contribution is -0.137. The summed E-state index contributed by atoms with van der Waals surface area (Å²) in [6.45, 7) is 5.36. The molecule has 1 fully saturated rings. The summed E-state index contributed by atoms with van der Waals surface area (Å²) in [5.74, 6) is 0.172. The molecule has 12 heteroatoms. The van der Waals surface area contributed by atoms with Crippen LogP contribution in [0.25, 0.3) is 0 Å². The van der Waals surface area contributed by atoms with Crippen molar-refractivity contribution < 1.29 is 26.3 Å². The molecule has 2 N–H and O–H groups in total. The topological polar surface area (TPSA) is 93.2 Å². The highest BCUT2D eigenvalue weighted by Gasteiger charge is 2.36. The highest BCUT2D eigenvalue weighted by molar-refractivity contribution is 7.93. The first kappa shape index (κ1) is 26.9. The van der Waals surface area contributed by atoms with Crippen LogP contribution in [0.4, 0.5) is 18.3 Å². The summed E-state index contributed by atoms with van der Waals surface area (Å²) in [7, 11) is -3.95. The number of anilines is 1. The second-order valence-electron chi connectivity index (χ2n) is 10.4. The van der Waals surface area contributed by atoms with Crippen molar-refractivity contribution in [2.45, 2.75) is 68.0 Å². The van der Waals surface area contributed by atoms with Crippen LogP contribution in [0.15, 0.2) is 47.6 Å². The van der Waals surface area contributed by atoms with Crippen molar-refractivity contribution in [1.29, 1.82) is 0 Å². The minimum absolute atomic E-state index is 0.00457. The fourth-order valence-corrected chi connectivity index (χ4v) is 7.00. The maximum Gasteiger partial charge on any atom is 0.416 e. The molecule has 204 valence electrons. The number of nitrogens with zero attached hydrogens (tertiary/aromatic N) is 2. The average Bonchev–Trinajstić information content (AvgIpc) is 3.32. The van der Waals surface area contributed by atoms with Gasteiger partial charge in [-0.05, 0) is 87.9 Å². The molecule has 0 amide bonds.